The summed E-state index contributed by atoms with van der Waals surface area (Å²) in [6.45, 7) is 11.1. The number of piperidine rings is 1. The van der Waals surface area contributed by atoms with Gasteiger partial charge in [-0.2, -0.15) is 0 Å². The van der Waals surface area contributed by atoms with Gasteiger partial charge in [0, 0.05) is 51.0 Å². The SMILES string of the molecule is CC(C(=O)N1CCC(N)C(C)(C)C1)N1CCN(c2ccc(F)cc2)CC1. The highest BCUT2D eigenvalue weighted by atomic mass is 19.1. The second-order valence-electron chi connectivity index (χ2n) is 8.32. The van der Waals surface area contributed by atoms with E-state index in [4.69, 9.17) is 5.73 Å². The van der Waals surface area contributed by atoms with Crippen LogP contribution in [0.1, 0.15) is 27.2 Å². The summed E-state index contributed by atoms with van der Waals surface area (Å²) in [7, 11) is 0. The van der Waals surface area contributed by atoms with Crippen molar-refractivity contribution in [1.82, 2.24) is 9.80 Å². The van der Waals surface area contributed by atoms with Gasteiger partial charge in [0.25, 0.3) is 0 Å². The number of hydrogen-bond acceptors (Lipinski definition) is 4. The minimum absolute atomic E-state index is 0.0328. The van der Waals surface area contributed by atoms with Gasteiger partial charge in [-0.1, -0.05) is 13.8 Å². The van der Waals surface area contributed by atoms with Gasteiger partial charge in [0.15, 0.2) is 0 Å². The monoisotopic (exact) mass is 362 g/mol. The van der Waals surface area contributed by atoms with Crippen molar-refractivity contribution in [1.29, 1.82) is 0 Å². The fourth-order valence-electron chi connectivity index (χ4n) is 4.00. The highest BCUT2D eigenvalue weighted by Gasteiger charge is 2.37. The van der Waals surface area contributed by atoms with Crippen molar-refractivity contribution in [2.75, 3.05) is 44.2 Å². The van der Waals surface area contributed by atoms with Crippen molar-refractivity contribution in [3.63, 3.8) is 0 Å². The van der Waals surface area contributed by atoms with Crippen LogP contribution < -0.4 is 10.6 Å². The molecule has 3 rings (SSSR count). The number of piperazine rings is 1. The van der Waals surface area contributed by atoms with Gasteiger partial charge in [0.2, 0.25) is 5.91 Å². The van der Waals surface area contributed by atoms with Crippen molar-refractivity contribution in [2.45, 2.75) is 39.3 Å². The molecule has 1 amide bonds. The first-order valence-electron chi connectivity index (χ1n) is 9.57. The van der Waals surface area contributed by atoms with Crippen LogP contribution in [0.5, 0.6) is 0 Å². The standard InChI is InChI=1S/C20H31FN4O/c1-15(19(26)25-9-8-18(22)20(2,3)14-25)23-10-12-24(13-11-23)17-6-4-16(21)5-7-17/h4-7,15,18H,8-14,22H2,1-3H3. The largest absolute Gasteiger partial charge is 0.369 e. The first-order chi connectivity index (χ1) is 12.3. The molecule has 2 saturated heterocycles. The Morgan fingerprint density at radius 2 is 1.77 bits per heavy atom. The molecule has 2 heterocycles. The van der Waals surface area contributed by atoms with E-state index in [-0.39, 0.29) is 29.2 Å². The van der Waals surface area contributed by atoms with Gasteiger partial charge in [0.05, 0.1) is 6.04 Å². The number of carbonyl (C=O) groups is 1. The maximum Gasteiger partial charge on any atom is 0.239 e. The maximum absolute atomic E-state index is 13.1. The number of likely N-dealkylation sites (tertiary alicyclic amines) is 1. The average Bonchev–Trinajstić information content (AvgIpc) is 2.63. The number of anilines is 1. The highest BCUT2D eigenvalue weighted by Crippen LogP contribution is 2.28. The van der Waals surface area contributed by atoms with Gasteiger partial charge < -0.3 is 15.5 Å². The average molecular weight is 362 g/mol. The normalized spacial score (nSPS) is 25.2. The molecular formula is C20H31FN4O. The fourth-order valence-corrected chi connectivity index (χ4v) is 4.00. The molecule has 2 atom stereocenters. The van der Waals surface area contributed by atoms with E-state index in [0.29, 0.717) is 0 Å². The minimum Gasteiger partial charge on any atom is -0.369 e. The summed E-state index contributed by atoms with van der Waals surface area (Å²) >= 11 is 0. The Bertz CT molecular complexity index is 625. The highest BCUT2D eigenvalue weighted by molar-refractivity contribution is 5.81. The van der Waals surface area contributed by atoms with Gasteiger partial charge in [-0.3, -0.25) is 9.69 Å². The van der Waals surface area contributed by atoms with E-state index < -0.39 is 0 Å². The Kier molecular flexibility index (Phi) is 5.53. The lowest BCUT2D eigenvalue weighted by atomic mass is 9.79. The van der Waals surface area contributed by atoms with E-state index in [9.17, 15) is 9.18 Å². The van der Waals surface area contributed by atoms with Crippen LogP contribution in [0.4, 0.5) is 10.1 Å². The first kappa shape index (κ1) is 19.1. The number of rotatable bonds is 3. The van der Waals surface area contributed by atoms with E-state index in [1.807, 2.05) is 24.0 Å². The minimum atomic E-state index is -0.212. The Morgan fingerprint density at radius 1 is 1.15 bits per heavy atom. The molecule has 144 valence electrons. The summed E-state index contributed by atoms with van der Waals surface area (Å²) in [5.74, 6) is -0.00372. The third-order valence-electron chi connectivity index (χ3n) is 6.03. The molecule has 1 aromatic carbocycles. The summed E-state index contributed by atoms with van der Waals surface area (Å²) < 4.78 is 13.1. The quantitative estimate of drug-likeness (QED) is 0.893. The lowest BCUT2D eigenvalue weighted by molar-refractivity contribution is -0.140. The molecule has 0 bridgehead atoms. The predicted octanol–water partition coefficient (Wildman–Crippen LogP) is 1.92. The van der Waals surface area contributed by atoms with E-state index in [0.717, 1.165) is 51.4 Å². The smallest absolute Gasteiger partial charge is 0.239 e. The van der Waals surface area contributed by atoms with Crippen LogP contribution in [0.25, 0.3) is 0 Å². The Labute approximate surface area is 155 Å². The molecule has 0 aliphatic carbocycles. The second kappa shape index (κ2) is 7.53. The van der Waals surface area contributed by atoms with Gasteiger partial charge in [-0.05, 0) is 43.0 Å². The third-order valence-corrected chi connectivity index (χ3v) is 6.03. The number of nitrogens with zero attached hydrogens (tertiary/aromatic N) is 3. The lowest BCUT2D eigenvalue weighted by Crippen LogP contribution is -2.59. The molecule has 26 heavy (non-hydrogen) atoms. The summed E-state index contributed by atoms with van der Waals surface area (Å²) in [6.07, 6.45) is 0.865. The van der Waals surface area contributed by atoms with Crippen LogP contribution in [0, 0.1) is 11.2 Å². The van der Waals surface area contributed by atoms with Crippen LogP contribution in [0.15, 0.2) is 24.3 Å². The Morgan fingerprint density at radius 3 is 2.35 bits per heavy atom. The van der Waals surface area contributed by atoms with Crippen LogP contribution in [-0.2, 0) is 4.79 Å². The van der Waals surface area contributed by atoms with Crippen molar-refractivity contribution in [3.8, 4) is 0 Å². The molecule has 0 aromatic heterocycles. The van der Waals surface area contributed by atoms with E-state index in [2.05, 4.69) is 23.6 Å². The molecule has 0 saturated carbocycles. The molecule has 2 fully saturated rings. The number of carbonyl (C=O) groups excluding carboxylic acids is 1. The van der Waals surface area contributed by atoms with E-state index >= 15 is 0 Å². The van der Waals surface area contributed by atoms with Crippen LogP contribution in [0.2, 0.25) is 0 Å². The van der Waals surface area contributed by atoms with E-state index in [1.165, 1.54) is 12.1 Å². The summed E-state index contributed by atoms with van der Waals surface area (Å²) in [5, 5.41) is 0. The summed E-state index contributed by atoms with van der Waals surface area (Å²) in [4.78, 5) is 19.5. The number of hydrogen-bond donors (Lipinski definition) is 1. The molecule has 2 unspecified atom stereocenters. The fraction of sp³-hybridized carbons (Fsp3) is 0.650. The van der Waals surface area contributed by atoms with Gasteiger partial charge in [0.1, 0.15) is 5.82 Å². The van der Waals surface area contributed by atoms with Crippen LogP contribution in [-0.4, -0.2) is 67.1 Å². The third kappa shape index (κ3) is 4.01. The molecule has 0 spiro atoms. The van der Waals surface area contributed by atoms with Crippen molar-refractivity contribution in [3.05, 3.63) is 30.1 Å². The van der Waals surface area contributed by atoms with Gasteiger partial charge in [-0.15, -0.1) is 0 Å². The first-order valence-corrected chi connectivity index (χ1v) is 9.57. The Hall–Kier alpha value is -1.66. The van der Waals surface area contributed by atoms with Crippen molar-refractivity contribution >= 4 is 11.6 Å². The predicted molar refractivity (Wildman–Crippen MR) is 103 cm³/mol. The molecule has 1 aromatic rings. The van der Waals surface area contributed by atoms with Gasteiger partial charge in [-0.25, -0.2) is 4.39 Å². The van der Waals surface area contributed by atoms with E-state index in [1.54, 1.807) is 0 Å². The topological polar surface area (TPSA) is 52.8 Å². The summed E-state index contributed by atoms with van der Waals surface area (Å²) in [6, 6.07) is 6.67. The zero-order valence-electron chi connectivity index (χ0n) is 16.1. The Balaban J connectivity index is 1.55. The summed E-state index contributed by atoms with van der Waals surface area (Å²) in [5.41, 5.74) is 7.20. The molecule has 5 nitrogen and oxygen atoms in total. The molecule has 2 aliphatic rings. The lowest BCUT2D eigenvalue weighted by Gasteiger charge is -2.45. The molecule has 2 N–H and O–H groups in total. The van der Waals surface area contributed by atoms with Crippen molar-refractivity contribution < 1.29 is 9.18 Å². The van der Waals surface area contributed by atoms with Crippen LogP contribution in [0.3, 0.4) is 0 Å². The zero-order chi connectivity index (χ0) is 18.9. The second-order valence-corrected chi connectivity index (χ2v) is 8.32. The molecule has 2 aliphatic heterocycles. The van der Waals surface area contributed by atoms with Crippen molar-refractivity contribution in [2.24, 2.45) is 11.1 Å². The number of benzene rings is 1. The molecule has 6 heteroatoms. The maximum atomic E-state index is 13.1. The molecule has 0 radical (unpaired) electrons. The van der Waals surface area contributed by atoms with Gasteiger partial charge >= 0.3 is 0 Å². The van der Waals surface area contributed by atoms with Crippen LogP contribution >= 0.6 is 0 Å². The molecular weight excluding hydrogens is 331 g/mol. The number of nitrogens with two attached hydrogens (primary N) is 1. The number of amides is 1. The zero-order valence-corrected chi connectivity index (χ0v) is 16.1. The number of halogens is 1.